The highest BCUT2D eigenvalue weighted by Crippen LogP contribution is 2.34. The summed E-state index contributed by atoms with van der Waals surface area (Å²) in [5.74, 6) is 0.966. The second-order valence-electron chi connectivity index (χ2n) is 4.73. The van der Waals surface area contributed by atoms with E-state index in [4.69, 9.17) is 4.42 Å². The van der Waals surface area contributed by atoms with Crippen LogP contribution in [-0.4, -0.2) is 6.04 Å². The van der Waals surface area contributed by atoms with E-state index in [-0.39, 0.29) is 0 Å². The monoisotopic (exact) mass is 339 g/mol. The molecule has 0 unspecified atom stereocenters. The third-order valence-corrected chi connectivity index (χ3v) is 4.50. The predicted octanol–water partition coefficient (Wildman–Crippen LogP) is 5.00. The molecule has 0 aliphatic carbocycles. The van der Waals surface area contributed by atoms with Crippen LogP contribution < -0.4 is 5.32 Å². The molecule has 1 aromatic carbocycles. The summed E-state index contributed by atoms with van der Waals surface area (Å²) >= 11 is 5.29. The van der Waals surface area contributed by atoms with Crippen molar-refractivity contribution in [2.75, 3.05) is 0 Å². The van der Waals surface area contributed by atoms with E-state index in [2.05, 4.69) is 53.3 Å². The van der Waals surface area contributed by atoms with Crippen molar-refractivity contribution in [1.82, 2.24) is 5.32 Å². The summed E-state index contributed by atoms with van der Waals surface area (Å²) in [6.07, 6.45) is 1.74. The Hall–Kier alpha value is -0.710. The first-order valence-electron chi connectivity index (χ1n) is 6.30. The first-order chi connectivity index (χ1) is 9.06. The number of hydrogen-bond donors (Lipinski definition) is 1. The second kappa shape index (κ2) is 6.64. The van der Waals surface area contributed by atoms with E-state index >= 15 is 0 Å². The van der Waals surface area contributed by atoms with Gasteiger partial charge in [0, 0.05) is 22.0 Å². The van der Waals surface area contributed by atoms with Crippen LogP contribution in [0.3, 0.4) is 0 Å². The molecule has 0 saturated heterocycles. The lowest BCUT2D eigenvalue weighted by Crippen LogP contribution is -2.22. The SMILES string of the molecule is Cc1occc1Sc1cc(Br)ccc1CNC(C)C. The molecule has 1 heterocycles. The molecule has 0 fully saturated rings. The number of benzene rings is 1. The summed E-state index contributed by atoms with van der Waals surface area (Å²) < 4.78 is 6.46. The molecule has 2 aromatic rings. The molecule has 4 heteroatoms. The van der Waals surface area contributed by atoms with Gasteiger partial charge in [0.2, 0.25) is 0 Å². The summed E-state index contributed by atoms with van der Waals surface area (Å²) in [7, 11) is 0. The zero-order valence-electron chi connectivity index (χ0n) is 11.4. The lowest BCUT2D eigenvalue weighted by atomic mass is 10.2. The van der Waals surface area contributed by atoms with Crippen LogP contribution >= 0.6 is 27.7 Å². The maximum Gasteiger partial charge on any atom is 0.114 e. The zero-order chi connectivity index (χ0) is 13.8. The highest BCUT2D eigenvalue weighted by atomic mass is 79.9. The molecule has 19 heavy (non-hydrogen) atoms. The molecule has 0 spiro atoms. The van der Waals surface area contributed by atoms with E-state index in [9.17, 15) is 0 Å². The molecule has 0 atom stereocenters. The smallest absolute Gasteiger partial charge is 0.114 e. The lowest BCUT2D eigenvalue weighted by molar-refractivity contribution is 0.527. The standard InChI is InChI=1S/C15H18BrNOS/c1-10(2)17-9-12-4-5-13(16)8-15(12)19-14-6-7-18-11(14)3/h4-8,10,17H,9H2,1-3H3. The minimum atomic E-state index is 0.483. The summed E-state index contributed by atoms with van der Waals surface area (Å²) in [5, 5.41) is 3.46. The fraction of sp³-hybridized carbons (Fsp3) is 0.333. The molecule has 0 saturated carbocycles. The van der Waals surface area contributed by atoms with Crippen LogP contribution in [0, 0.1) is 6.92 Å². The normalized spacial score (nSPS) is 11.2. The van der Waals surface area contributed by atoms with E-state index in [1.54, 1.807) is 18.0 Å². The summed E-state index contributed by atoms with van der Waals surface area (Å²) in [6.45, 7) is 7.19. The zero-order valence-corrected chi connectivity index (χ0v) is 13.8. The van der Waals surface area contributed by atoms with Crippen molar-refractivity contribution in [2.45, 2.75) is 43.1 Å². The predicted molar refractivity (Wildman–Crippen MR) is 83.7 cm³/mol. The molecule has 102 valence electrons. The molecule has 0 aliphatic heterocycles. The molecule has 2 rings (SSSR count). The third kappa shape index (κ3) is 4.13. The Labute approximate surface area is 127 Å². The molecule has 1 N–H and O–H groups in total. The Morgan fingerprint density at radius 1 is 1.26 bits per heavy atom. The molecule has 0 bridgehead atoms. The van der Waals surface area contributed by atoms with E-state index in [0.717, 1.165) is 16.8 Å². The maximum atomic E-state index is 5.36. The van der Waals surface area contributed by atoms with Gasteiger partial charge in [-0.1, -0.05) is 47.6 Å². The molecule has 0 aliphatic rings. The van der Waals surface area contributed by atoms with Crippen molar-refractivity contribution in [3.63, 3.8) is 0 Å². The Balaban J connectivity index is 2.22. The van der Waals surface area contributed by atoms with Gasteiger partial charge in [0.25, 0.3) is 0 Å². The number of nitrogens with one attached hydrogen (secondary N) is 1. The Morgan fingerprint density at radius 3 is 2.68 bits per heavy atom. The van der Waals surface area contributed by atoms with E-state index in [1.165, 1.54) is 15.4 Å². The largest absolute Gasteiger partial charge is 0.468 e. The minimum Gasteiger partial charge on any atom is -0.468 e. The van der Waals surface area contributed by atoms with Gasteiger partial charge in [0.1, 0.15) is 5.76 Å². The van der Waals surface area contributed by atoms with Gasteiger partial charge >= 0.3 is 0 Å². The van der Waals surface area contributed by atoms with Crippen LogP contribution in [0.5, 0.6) is 0 Å². The highest BCUT2D eigenvalue weighted by molar-refractivity contribution is 9.10. The number of furan rings is 1. The minimum absolute atomic E-state index is 0.483. The van der Waals surface area contributed by atoms with Crippen molar-refractivity contribution < 1.29 is 4.42 Å². The van der Waals surface area contributed by atoms with Gasteiger partial charge in [0.05, 0.1) is 11.2 Å². The van der Waals surface area contributed by atoms with Crippen LogP contribution in [0.4, 0.5) is 0 Å². The quantitative estimate of drug-likeness (QED) is 0.829. The Morgan fingerprint density at radius 2 is 2.05 bits per heavy atom. The molecule has 0 radical (unpaired) electrons. The summed E-state index contributed by atoms with van der Waals surface area (Å²) in [5.41, 5.74) is 1.31. The number of halogens is 1. The van der Waals surface area contributed by atoms with Crippen LogP contribution in [0.25, 0.3) is 0 Å². The summed E-state index contributed by atoms with van der Waals surface area (Å²) in [4.78, 5) is 2.43. The fourth-order valence-electron chi connectivity index (χ4n) is 1.68. The first kappa shape index (κ1) is 14.7. The van der Waals surface area contributed by atoms with E-state index in [1.807, 2.05) is 13.0 Å². The molecule has 2 nitrogen and oxygen atoms in total. The molecular weight excluding hydrogens is 322 g/mol. The average molecular weight is 340 g/mol. The maximum absolute atomic E-state index is 5.36. The van der Waals surface area contributed by atoms with Gasteiger partial charge in [-0.2, -0.15) is 0 Å². The van der Waals surface area contributed by atoms with Crippen LogP contribution in [-0.2, 0) is 6.54 Å². The van der Waals surface area contributed by atoms with E-state index in [0.29, 0.717) is 6.04 Å². The van der Waals surface area contributed by atoms with Crippen molar-refractivity contribution in [3.05, 3.63) is 46.3 Å². The average Bonchev–Trinajstić information content (AvgIpc) is 2.74. The van der Waals surface area contributed by atoms with E-state index < -0.39 is 0 Å². The van der Waals surface area contributed by atoms with Gasteiger partial charge in [-0.15, -0.1) is 0 Å². The number of rotatable bonds is 5. The Kier molecular flexibility index (Phi) is 5.13. The lowest BCUT2D eigenvalue weighted by Gasteiger charge is -2.12. The Bertz CT molecular complexity index is 551. The number of hydrogen-bond acceptors (Lipinski definition) is 3. The summed E-state index contributed by atoms with van der Waals surface area (Å²) in [6, 6.07) is 8.91. The van der Waals surface area contributed by atoms with Gasteiger partial charge in [-0.05, 0) is 30.7 Å². The van der Waals surface area contributed by atoms with Crippen molar-refractivity contribution in [2.24, 2.45) is 0 Å². The molecule has 0 amide bonds. The van der Waals surface area contributed by atoms with Crippen LogP contribution in [0.2, 0.25) is 0 Å². The van der Waals surface area contributed by atoms with Crippen molar-refractivity contribution >= 4 is 27.7 Å². The van der Waals surface area contributed by atoms with Crippen molar-refractivity contribution in [3.8, 4) is 0 Å². The van der Waals surface area contributed by atoms with Crippen LogP contribution in [0.15, 0.2) is 49.2 Å². The third-order valence-electron chi connectivity index (χ3n) is 2.76. The van der Waals surface area contributed by atoms with Gasteiger partial charge in [-0.3, -0.25) is 0 Å². The fourth-order valence-corrected chi connectivity index (χ4v) is 3.20. The van der Waals surface area contributed by atoms with Gasteiger partial charge < -0.3 is 9.73 Å². The van der Waals surface area contributed by atoms with Crippen LogP contribution in [0.1, 0.15) is 25.2 Å². The van der Waals surface area contributed by atoms with Gasteiger partial charge in [-0.25, -0.2) is 0 Å². The second-order valence-corrected chi connectivity index (χ2v) is 6.73. The van der Waals surface area contributed by atoms with Crippen molar-refractivity contribution in [1.29, 1.82) is 0 Å². The molecular formula is C15H18BrNOS. The number of aryl methyl sites for hydroxylation is 1. The van der Waals surface area contributed by atoms with Gasteiger partial charge in [0.15, 0.2) is 0 Å². The first-order valence-corrected chi connectivity index (χ1v) is 7.91. The molecule has 1 aromatic heterocycles. The highest BCUT2D eigenvalue weighted by Gasteiger charge is 2.09. The topological polar surface area (TPSA) is 25.2 Å².